The first-order chi connectivity index (χ1) is 8.16. The average Bonchev–Trinajstić information content (AvgIpc) is 2.32. The van der Waals surface area contributed by atoms with Crippen molar-refractivity contribution in [1.82, 2.24) is 0 Å². The molecule has 0 aromatic heterocycles. The summed E-state index contributed by atoms with van der Waals surface area (Å²) in [6.45, 7) is 4.10. The first-order valence-electron chi connectivity index (χ1n) is 5.70. The van der Waals surface area contributed by atoms with Crippen LogP contribution >= 0.6 is 0 Å². The van der Waals surface area contributed by atoms with E-state index in [0.29, 0.717) is 5.75 Å². The monoisotopic (exact) mass is 224 g/mol. The predicted octanol–water partition coefficient (Wildman–Crippen LogP) is 4.18. The molecule has 0 amide bonds. The summed E-state index contributed by atoms with van der Waals surface area (Å²) >= 11 is 0. The molecule has 0 radical (unpaired) electrons. The fourth-order valence-corrected chi connectivity index (χ4v) is 1.76. The van der Waals surface area contributed by atoms with Crippen LogP contribution in [0.1, 0.15) is 22.3 Å². The van der Waals surface area contributed by atoms with Crippen LogP contribution < -0.4 is 0 Å². The number of aryl methyl sites for hydroxylation is 2. The van der Waals surface area contributed by atoms with E-state index in [2.05, 4.69) is 19.1 Å². The van der Waals surface area contributed by atoms with E-state index >= 15 is 0 Å². The second-order valence-electron chi connectivity index (χ2n) is 4.25. The average molecular weight is 224 g/mol. The first-order valence-corrected chi connectivity index (χ1v) is 5.70. The third kappa shape index (κ3) is 2.76. The van der Waals surface area contributed by atoms with Crippen LogP contribution in [-0.2, 0) is 0 Å². The lowest BCUT2D eigenvalue weighted by Gasteiger charge is -2.02. The van der Waals surface area contributed by atoms with Crippen LogP contribution in [0.2, 0.25) is 0 Å². The van der Waals surface area contributed by atoms with Gasteiger partial charge in [-0.1, -0.05) is 48.0 Å². The van der Waals surface area contributed by atoms with Crippen molar-refractivity contribution in [3.8, 4) is 5.75 Å². The van der Waals surface area contributed by atoms with Gasteiger partial charge >= 0.3 is 0 Å². The van der Waals surface area contributed by atoms with Crippen LogP contribution in [0.25, 0.3) is 12.2 Å². The highest BCUT2D eigenvalue weighted by atomic mass is 16.3. The van der Waals surface area contributed by atoms with Gasteiger partial charge in [0.25, 0.3) is 0 Å². The molecule has 2 aromatic carbocycles. The standard InChI is InChI=1S/C16H16O/c1-12-7-10-16(17)15(11-12)9-8-14-6-4-3-5-13(14)2/h3-11,17H,1-2H3/b9-8+. The molecule has 1 nitrogen and oxygen atoms in total. The molecule has 0 unspecified atom stereocenters. The van der Waals surface area contributed by atoms with Gasteiger partial charge in [-0.25, -0.2) is 0 Å². The minimum Gasteiger partial charge on any atom is -0.507 e. The number of aromatic hydroxyl groups is 1. The Labute approximate surface area is 102 Å². The van der Waals surface area contributed by atoms with Gasteiger partial charge in [-0.2, -0.15) is 0 Å². The molecule has 1 N–H and O–H groups in total. The summed E-state index contributed by atoms with van der Waals surface area (Å²) in [6, 6.07) is 13.8. The highest BCUT2D eigenvalue weighted by molar-refractivity contribution is 5.73. The molecule has 2 rings (SSSR count). The van der Waals surface area contributed by atoms with E-state index in [0.717, 1.165) is 11.1 Å². The fourth-order valence-electron chi connectivity index (χ4n) is 1.76. The van der Waals surface area contributed by atoms with Crippen molar-refractivity contribution in [2.75, 3.05) is 0 Å². The number of rotatable bonds is 2. The lowest BCUT2D eigenvalue weighted by Crippen LogP contribution is -1.80. The van der Waals surface area contributed by atoms with Crippen LogP contribution in [0.15, 0.2) is 42.5 Å². The molecule has 0 bridgehead atoms. The van der Waals surface area contributed by atoms with Gasteiger partial charge in [0.2, 0.25) is 0 Å². The number of benzene rings is 2. The van der Waals surface area contributed by atoms with E-state index in [4.69, 9.17) is 0 Å². The Morgan fingerprint density at radius 3 is 2.35 bits per heavy atom. The molecule has 0 saturated heterocycles. The highest BCUT2D eigenvalue weighted by Gasteiger charge is 1.97. The Kier molecular flexibility index (Phi) is 3.29. The minimum absolute atomic E-state index is 0.320. The summed E-state index contributed by atoms with van der Waals surface area (Å²) < 4.78 is 0. The van der Waals surface area contributed by atoms with E-state index in [1.165, 1.54) is 11.1 Å². The van der Waals surface area contributed by atoms with Crippen molar-refractivity contribution >= 4 is 12.2 Å². The fraction of sp³-hybridized carbons (Fsp3) is 0.125. The second-order valence-corrected chi connectivity index (χ2v) is 4.25. The third-order valence-electron chi connectivity index (χ3n) is 2.81. The van der Waals surface area contributed by atoms with Gasteiger partial charge in [-0.05, 0) is 37.1 Å². The Balaban J connectivity index is 2.32. The maximum atomic E-state index is 9.73. The normalized spacial score (nSPS) is 10.9. The molecule has 0 fully saturated rings. The predicted molar refractivity (Wildman–Crippen MR) is 73.0 cm³/mol. The topological polar surface area (TPSA) is 20.2 Å². The molecular formula is C16H16O. The molecule has 86 valence electrons. The summed E-state index contributed by atoms with van der Waals surface area (Å²) in [5.41, 5.74) is 4.41. The lowest BCUT2D eigenvalue weighted by molar-refractivity contribution is 0.474. The van der Waals surface area contributed by atoms with Crippen molar-refractivity contribution in [2.24, 2.45) is 0 Å². The number of hydrogen-bond donors (Lipinski definition) is 1. The first kappa shape index (κ1) is 11.5. The number of phenols is 1. The zero-order valence-corrected chi connectivity index (χ0v) is 10.1. The maximum Gasteiger partial charge on any atom is 0.122 e. The molecular weight excluding hydrogens is 208 g/mol. The van der Waals surface area contributed by atoms with E-state index in [1.807, 2.05) is 43.3 Å². The van der Waals surface area contributed by atoms with E-state index in [1.54, 1.807) is 6.07 Å². The smallest absolute Gasteiger partial charge is 0.122 e. The lowest BCUT2D eigenvalue weighted by atomic mass is 10.1. The van der Waals surface area contributed by atoms with Gasteiger partial charge in [-0.15, -0.1) is 0 Å². The Morgan fingerprint density at radius 1 is 0.882 bits per heavy atom. The molecule has 0 heterocycles. The molecule has 0 atom stereocenters. The van der Waals surface area contributed by atoms with Crippen molar-refractivity contribution < 1.29 is 5.11 Å². The van der Waals surface area contributed by atoms with Gasteiger partial charge in [-0.3, -0.25) is 0 Å². The summed E-state index contributed by atoms with van der Waals surface area (Å²) in [4.78, 5) is 0. The zero-order valence-electron chi connectivity index (χ0n) is 10.1. The summed E-state index contributed by atoms with van der Waals surface area (Å²) in [5.74, 6) is 0.320. The molecule has 2 aromatic rings. The molecule has 0 saturated carbocycles. The number of phenolic OH excluding ortho intramolecular Hbond substituents is 1. The van der Waals surface area contributed by atoms with Gasteiger partial charge in [0, 0.05) is 5.56 Å². The molecule has 17 heavy (non-hydrogen) atoms. The largest absolute Gasteiger partial charge is 0.507 e. The van der Waals surface area contributed by atoms with Gasteiger partial charge in [0.1, 0.15) is 5.75 Å². The molecule has 0 aliphatic rings. The Morgan fingerprint density at radius 2 is 1.59 bits per heavy atom. The van der Waals surface area contributed by atoms with E-state index < -0.39 is 0 Å². The van der Waals surface area contributed by atoms with E-state index in [9.17, 15) is 5.11 Å². The van der Waals surface area contributed by atoms with Crippen LogP contribution in [0.5, 0.6) is 5.75 Å². The van der Waals surface area contributed by atoms with Crippen molar-refractivity contribution in [3.05, 3.63) is 64.7 Å². The minimum atomic E-state index is 0.320. The quantitative estimate of drug-likeness (QED) is 0.759. The Hall–Kier alpha value is -2.02. The SMILES string of the molecule is Cc1ccc(O)c(/C=C/c2ccccc2C)c1. The number of hydrogen-bond acceptors (Lipinski definition) is 1. The summed E-state index contributed by atoms with van der Waals surface area (Å²) in [6.07, 6.45) is 3.98. The van der Waals surface area contributed by atoms with Crippen molar-refractivity contribution in [3.63, 3.8) is 0 Å². The second kappa shape index (κ2) is 4.88. The van der Waals surface area contributed by atoms with E-state index in [-0.39, 0.29) is 0 Å². The molecule has 0 aliphatic heterocycles. The summed E-state index contributed by atoms with van der Waals surface area (Å²) in [7, 11) is 0. The van der Waals surface area contributed by atoms with Crippen LogP contribution in [0.3, 0.4) is 0 Å². The van der Waals surface area contributed by atoms with Crippen LogP contribution in [0.4, 0.5) is 0 Å². The Bertz CT molecular complexity index is 553. The van der Waals surface area contributed by atoms with Gasteiger partial charge < -0.3 is 5.11 Å². The highest BCUT2D eigenvalue weighted by Crippen LogP contribution is 2.21. The van der Waals surface area contributed by atoms with Crippen LogP contribution in [-0.4, -0.2) is 5.11 Å². The maximum absolute atomic E-state index is 9.73. The zero-order chi connectivity index (χ0) is 12.3. The van der Waals surface area contributed by atoms with Crippen LogP contribution in [0, 0.1) is 13.8 Å². The van der Waals surface area contributed by atoms with Crippen molar-refractivity contribution in [1.29, 1.82) is 0 Å². The molecule has 1 heteroatoms. The molecule has 0 aliphatic carbocycles. The summed E-state index contributed by atoms with van der Waals surface area (Å²) in [5, 5.41) is 9.73. The van der Waals surface area contributed by atoms with Gasteiger partial charge in [0.15, 0.2) is 0 Å². The third-order valence-corrected chi connectivity index (χ3v) is 2.81. The van der Waals surface area contributed by atoms with Crippen molar-refractivity contribution in [2.45, 2.75) is 13.8 Å². The molecule has 0 spiro atoms. The van der Waals surface area contributed by atoms with Gasteiger partial charge in [0.05, 0.1) is 0 Å².